The summed E-state index contributed by atoms with van der Waals surface area (Å²) in [5.41, 5.74) is 0. The highest BCUT2D eigenvalue weighted by Gasteiger charge is 2.53. The molecule has 0 unspecified atom stereocenters. The van der Waals surface area contributed by atoms with E-state index in [0.717, 1.165) is 7.06 Å². The van der Waals surface area contributed by atoms with Crippen LogP contribution in [-0.2, 0) is 0 Å². The first-order valence-electron chi connectivity index (χ1n) is 2.04. The Morgan fingerprint density at radius 1 is 0.889 bits per heavy atom. The minimum atomic E-state index is 0.272. The summed E-state index contributed by atoms with van der Waals surface area (Å²) in [6.45, 7) is 0. The van der Waals surface area contributed by atoms with Gasteiger partial charge in [-0.05, 0) is 0 Å². The van der Waals surface area contributed by atoms with E-state index in [1.54, 1.807) is 47.0 Å². The van der Waals surface area contributed by atoms with E-state index in [1.807, 2.05) is 0 Å². The van der Waals surface area contributed by atoms with Gasteiger partial charge < -0.3 is 0 Å². The summed E-state index contributed by atoms with van der Waals surface area (Å²) in [6.07, 6.45) is 0. The van der Waals surface area contributed by atoms with Gasteiger partial charge in [-0.15, -0.1) is 0 Å². The van der Waals surface area contributed by atoms with E-state index >= 15 is 0 Å². The molecule has 0 atom stereocenters. The monoisotopic (exact) mass is 228 g/mol. The molecule has 2 aliphatic rings. The van der Waals surface area contributed by atoms with Crippen molar-refractivity contribution in [1.29, 1.82) is 0 Å². The Bertz CT molecular complexity index is 153. The fraction of sp³-hybridized carbons (Fsp3) is 0.333. The molecular weight excluding hydrogens is 228 g/mol. The fourth-order valence-corrected chi connectivity index (χ4v) is 10.7. The summed E-state index contributed by atoms with van der Waals surface area (Å²) >= 11 is 16.9. The van der Waals surface area contributed by atoms with Crippen LogP contribution in [-0.4, -0.2) is 9.80 Å². The quantitative estimate of drug-likeness (QED) is 0.580. The van der Waals surface area contributed by atoms with Crippen LogP contribution in [0.3, 0.4) is 0 Å². The fourth-order valence-electron chi connectivity index (χ4n) is 0.507. The Morgan fingerprint density at radius 3 is 1.44 bits per heavy atom. The van der Waals surface area contributed by atoms with E-state index < -0.39 is 0 Å². The van der Waals surface area contributed by atoms with Crippen LogP contribution in [0.1, 0.15) is 0 Å². The topological polar surface area (TPSA) is 0 Å². The first-order valence-corrected chi connectivity index (χ1v) is 6.12. The minimum Gasteiger partial charge on any atom is -0.0665 e. The van der Waals surface area contributed by atoms with Crippen LogP contribution in [0.15, 0.2) is 0 Å². The number of thioether (sulfide) groups is 4. The van der Waals surface area contributed by atoms with Crippen molar-refractivity contribution < 1.29 is 0 Å². The Balaban J connectivity index is 2.01. The normalized spacial score (nSPS) is 29.8. The molecule has 0 aromatic heterocycles. The standard InChI is InChI=1S/C3S6/c4-1-6-3(7-1)8-2(5)9-3. The second-order valence-electron chi connectivity index (χ2n) is 1.41. The largest absolute Gasteiger partial charge is 0.176 e. The van der Waals surface area contributed by atoms with E-state index in [1.165, 1.54) is 0 Å². The molecule has 0 aliphatic carbocycles. The molecule has 6 heteroatoms. The van der Waals surface area contributed by atoms with Crippen LogP contribution in [0.2, 0.25) is 0 Å². The van der Waals surface area contributed by atoms with E-state index in [9.17, 15) is 0 Å². The molecule has 2 fully saturated rings. The number of hydrogen-bond donors (Lipinski definition) is 0. The second-order valence-corrected chi connectivity index (χ2v) is 10.2. The highest BCUT2D eigenvalue weighted by molar-refractivity contribution is 8.84. The molecule has 0 aromatic rings. The Morgan fingerprint density at radius 2 is 1.22 bits per heavy atom. The molecule has 48 valence electrons. The zero-order valence-electron chi connectivity index (χ0n) is 3.95. The van der Waals surface area contributed by atoms with Crippen molar-refractivity contribution in [3.05, 3.63) is 0 Å². The summed E-state index contributed by atoms with van der Waals surface area (Å²) in [6, 6.07) is 0. The summed E-state index contributed by atoms with van der Waals surface area (Å²) in [5.74, 6) is 0. The lowest BCUT2D eigenvalue weighted by Crippen LogP contribution is -2.31. The van der Waals surface area contributed by atoms with E-state index in [4.69, 9.17) is 24.4 Å². The maximum absolute atomic E-state index is 4.93. The van der Waals surface area contributed by atoms with Gasteiger partial charge in [0, 0.05) is 0 Å². The van der Waals surface area contributed by atoms with Gasteiger partial charge in [0.1, 0.15) is 7.06 Å². The third kappa shape index (κ3) is 1.18. The van der Waals surface area contributed by atoms with Crippen molar-refractivity contribution in [3.8, 4) is 0 Å². The lowest BCUT2D eigenvalue weighted by atomic mass is 11.7. The second kappa shape index (κ2) is 2.28. The van der Waals surface area contributed by atoms with Crippen LogP contribution in [0.25, 0.3) is 0 Å². The van der Waals surface area contributed by atoms with Crippen molar-refractivity contribution in [2.45, 2.75) is 2.74 Å². The molecule has 0 aromatic carbocycles. The first-order chi connectivity index (χ1) is 4.20. The molecule has 0 saturated carbocycles. The van der Waals surface area contributed by atoms with E-state index in [-0.39, 0.29) is 2.74 Å². The zero-order chi connectivity index (χ0) is 6.48. The van der Waals surface area contributed by atoms with Gasteiger partial charge in [0.2, 0.25) is 0 Å². The average molecular weight is 228 g/mol. The van der Waals surface area contributed by atoms with Crippen LogP contribution >= 0.6 is 71.5 Å². The van der Waals surface area contributed by atoms with Gasteiger partial charge in [-0.25, -0.2) is 0 Å². The third-order valence-electron chi connectivity index (χ3n) is 0.833. The van der Waals surface area contributed by atoms with Crippen LogP contribution < -0.4 is 0 Å². The molecule has 0 nitrogen and oxygen atoms in total. The lowest BCUT2D eigenvalue weighted by molar-refractivity contribution is 1.93. The number of rotatable bonds is 0. The predicted molar refractivity (Wildman–Crippen MR) is 58.3 cm³/mol. The third-order valence-corrected chi connectivity index (χ3v) is 7.50. The van der Waals surface area contributed by atoms with Crippen molar-refractivity contribution in [2.24, 2.45) is 0 Å². The van der Waals surface area contributed by atoms with Gasteiger partial charge in [-0.3, -0.25) is 0 Å². The smallest absolute Gasteiger partial charge is 0.0665 e. The van der Waals surface area contributed by atoms with Gasteiger partial charge in [0.15, 0.2) is 2.74 Å². The SMILES string of the molecule is S=C1SC2(S1)SC(=S)S2. The molecule has 2 aliphatic heterocycles. The van der Waals surface area contributed by atoms with Crippen LogP contribution in [0.5, 0.6) is 0 Å². The highest BCUT2D eigenvalue weighted by Crippen LogP contribution is 2.74. The van der Waals surface area contributed by atoms with Crippen LogP contribution in [0.4, 0.5) is 0 Å². The van der Waals surface area contributed by atoms with Crippen molar-refractivity contribution in [1.82, 2.24) is 0 Å². The number of thiocarbonyl (C=S) groups is 2. The van der Waals surface area contributed by atoms with Crippen molar-refractivity contribution in [3.63, 3.8) is 0 Å². The highest BCUT2D eigenvalue weighted by atomic mass is 32.4. The Labute approximate surface area is 80.7 Å². The first kappa shape index (κ1) is 7.24. The van der Waals surface area contributed by atoms with Gasteiger partial charge in [-0.2, -0.15) is 0 Å². The molecule has 2 rings (SSSR count). The van der Waals surface area contributed by atoms with Crippen molar-refractivity contribution in [2.75, 3.05) is 0 Å². The minimum absolute atomic E-state index is 0.272. The molecular formula is C3S6. The maximum atomic E-state index is 4.93. The van der Waals surface area contributed by atoms with E-state index in [2.05, 4.69) is 0 Å². The summed E-state index contributed by atoms with van der Waals surface area (Å²) in [5, 5.41) is 0. The van der Waals surface area contributed by atoms with Gasteiger partial charge in [0.05, 0.1) is 0 Å². The zero-order valence-corrected chi connectivity index (χ0v) is 8.85. The maximum Gasteiger partial charge on any atom is 0.176 e. The van der Waals surface area contributed by atoms with Gasteiger partial charge in [-0.1, -0.05) is 71.5 Å². The average Bonchev–Trinajstić information content (AvgIpc) is 1.58. The predicted octanol–water partition coefficient (Wildman–Crippen LogP) is 3.13. The molecule has 0 amide bonds. The molecule has 2 heterocycles. The van der Waals surface area contributed by atoms with Gasteiger partial charge in [0.25, 0.3) is 0 Å². The molecule has 2 saturated heterocycles. The van der Waals surface area contributed by atoms with Crippen molar-refractivity contribution >= 4 is 78.5 Å². The van der Waals surface area contributed by atoms with Gasteiger partial charge >= 0.3 is 0 Å². The summed E-state index contributed by atoms with van der Waals surface area (Å²) in [7, 11) is 0. The molecule has 0 N–H and O–H groups in total. The molecule has 0 radical (unpaired) electrons. The molecule has 1 spiro atoms. The Hall–Kier alpha value is 1.58. The summed E-state index contributed by atoms with van der Waals surface area (Å²) in [4.78, 5) is 0. The number of hydrogen-bond acceptors (Lipinski definition) is 6. The van der Waals surface area contributed by atoms with E-state index in [0.29, 0.717) is 0 Å². The lowest BCUT2D eigenvalue weighted by Gasteiger charge is -2.44. The molecule has 0 bridgehead atoms. The Kier molecular flexibility index (Phi) is 1.84. The van der Waals surface area contributed by atoms with Crippen LogP contribution in [0, 0.1) is 0 Å². The summed E-state index contributed by atoms with van der Waals surface area (Å²) < 4.78 is 2.38. The molecule has 9 heavy (non-hydrogen) atoms.